The lowest BCUT2D eigenvalue weighted by atomic mass is 9.92. The molecule has 3 rings (SSSR count). The van der Waals surface area contributed by atoms with E-state index in [1.54, 1.807) is 31.2 Å². The second-order valence-corrected chi connectivity index (χ2v) is 5.45. The van der Waals surface area contributed by atoms with Crippen LogP contribution in [0.25, 0.3) is 0 Å². The highest BCUT2D eigenvalue weighted by Crippen LogP contribution is 2.24. The summed E-state index contributed by atoms with van der Waals surface area (Å²) >= 11 is 0. The topological polar surface area (TPSA) is 58.2 Å². The van der Waals surface area contributed by atoms with E-state index in [4.69, 9.17) is 0 Å². The van der Waals surface area contributed by atoms with Gasteiger partial charge in [-0.05, 0) is 24.6 Å². The molecule has 2 N–H and O–H groups in total. The molecule has 106 valence electrons. The van der Waals surface area contributed by atoms with Crippen LogP contribution in [0.4, 0.5) is 5.69 Å². The van der Waals surface area contributed by atoms with Crippen molar-refractivity contribution in [1.29, 1.82) is 0 Å². The molecule has 4 nitrogen and oxygen atoms in total. The summed E-state index contributed by atoms with van der Waals surface area (Å²) in [5.74, 6) is -0.438. The Balaban J connectivity index is 1.95. The third-order valence-electron chi connectivity index (χ3n) is 3.71. The zero-order valence-corrected chi connectivity index (χ0v) is 11.7. The van der Waals surface area contributed by atoms with Crippen LogP contribution in [-0.4, -0.2) is 17.4 Å². The number of para-hydroxylation sites is 1. The molecule has 1 aliphatic rings. The van der Waals surface area contributed by atoms with Crippen LogP contribution in [0.1, 0.15) is 22.8 Å². The lowest BCUT2D eigenvalue weighted by Crippen LogP contribution is -2.54. The van der Waals surface area contributed by atoms with E-state index in [1.807, 2.05) is 30.3 Å². The molecule has 0 fully saturated rings. The van der Waals surface area contributed by atoms with E-state index < -0.39 is 5.54 Å². The number of rotatable bonds is 2. The normalized spacial score (nSPS) is 21.0. The van der Waals surface area contributed by atoms with Gasteiger partial charge in [-0.3, -0.25) is 9.59 Å². The minimum absolute atomic E-state index is 0.204. The average molecular weight is 280 g/mol. The van der Waals surface area contributed by atoms with Crippen LogP contribution in [0.15, 0.2) is 54.6 Å². The van der Waals surface area contributed by atoms with Gasteiger partial charge in [0, 0.05) is 6.42 Å². The second-order valence-electron chi connectivity index (χ2n) is 5.45. The lowest BCUT2D eigenvalue weighted by Gasteiger charge is -2.27. The maximum atomic E-state index is 12.5. The fourth-order valence-corrected chi connectivity index (χ4v) is 2.55. The first kappa shape index (κ1) is 13.4. The average Bonchev–Trinajstić information content (AvgIpc) is 2.56. The molecular weight excluding hydrogens is 264 g/mol. The Kier molecular flexibility index (Phi) is 3.22. The molecule has 0 aromatic heterocycles. The van der Waals surface area contributed by atoms with E-state index >= 15 is 0 Å². The monoisotopic (exact) mass is 280 g/mol. The Morgan fingerprint density at radius 2 is 1.62 bits per heavy atom. The maximum absolute atomic E-state index is 12.5. The first-order chi connectivity index (χ1) is 10.1. The molecule has 0 saturated carbocycles. The van der Waals surface area contributed by atoms with E-state index in [9.17, 15) is 9.59 Å². The first-order valence-corrected chi connectivity index (χ1v) is 6.85. The van der Waals surface area contributed by atoms with E-state index in [-0.39, 0.29) is 11.8 Å². The van der Waals surface area contributed by atoms with Crippen molar-refractivity contribution in [2.75, 3.05) is 5.32 Å². The number of hydrogen-bond donors (Lipinski definition) is 2. The van der Waals surface area contributed by atoms with Crippen molar-refractivity contribution in [2.24, 2.45) is 0 Å². The number of anilines is 1. The first-order valence-electron chi connectivity index (χ1n) is 6.85. The van der Waals surface area contributed by atoms with E-state index in [2.05, 4.69) is 10.6 Å². The van der Waals surface area contributed by atoms with Crippen LogP contribution in [0, 0.1) is 0 Å². The summed E-state index contributed by atoms with van der Waals surface area (Å²) in [6.07, 6.45) is 0.444. The zero-order chi connectivity index (χ0) is 14.9. The van der Waals surface area contributed by atoms with Crippen molar-refractivity contribution in [2.45, 2.75) is 18.9 Å². The van der Waals surface area contributed by atoms with Crippen LogP contribution in [0.3, 0.4) is 0 Å². The van der Waals surface area contributed by atoms with Crippen molar-refractivity contribution >= 4 is 17.5 Å². The Labute approximate surface area is 123 Å². The predicted octanol–water partition coefficient (Wildman–Crippen LogP) is 2.37. The molecule has 0 radical (unpaired) electrons. The van der Waals surface area contributed by atoms with Crippen LogP contribution in [0.2, 0.25) is 0 Å². The summed E-state index contributed by atoms with van der Waals surface area (Å²) in [7, 11) is 0. The van der Waals surface area contributed by atoms with Gasteiger partial charge < -0.3 is 10.6 Å². The summed E-state index contributed by atoms with van der Waals surface area (Å²) in [6.45, 7) is 1.75. The van der Waals surface area contributed by atoms with Gasteiger partial charge in [0.2, 0.25) is 5.91 Å². The highest BCUT2D eigenvalue weighted by molar-refractivity contribution is 6.11. The standard InChI is InChI=1S/C17H16N2O2/c1-17(11-12-7-3-2-4-8-12)16(21)18-14-10-6-5-9-13(14)15(20)19-17/h2-10H,11H2,1H3,(H,18,21)(H,19,20)/t17-/m0/s1. The summed E-state index contributed by atoms with van der Waals surface area (Å²) in [4.78, 5) is 24.9. The second kappa shape index (κ2) is 5.05. The Morgan fingerprint density at radius 3 is 2.38 bits per heavy atom. The van der Waals surface area contributed by atoms with Gasteiger partial charge in [0.15, 0.2) is 0 Å². The molecule has 4 heteroatoms. The van der Waals surface area contributed by atoms with Gasteiger partial charge in [-0.2, -0.15) is 0 Å². The maximum Gasteiger partial charge on any atom is 0.254 e. The minimum Gasteiger partial charge on any atom is -0.337 e. The van der Waals surface area contributed by atoms with E-state index in [0.29, 0.717) is 17.7 Å². The summed E-state index contributed by atoms with van der Waals surface area (Å²) in [6, 6.07) is 16.7. The van der Waals surface area contributed by atoms with Crippen LogP contribution in [-0.2, 0) is 11.2 Å². The zero-order valence-electron chi connectivity index (χ0n) is 11.7. The highest BCUT2D eigenvalue weighted by Gasteiger charge is 2.38. The third kappa shape index (κ3) is 2.52. The molecule has 2 amide bonds. The van der Waals surface area contributed by atoms with Gasteiger partial charge in [-0.25, -0.2) is 0 Å². The number of carbonyl (C=O) groups is 2. The number of nitrogens with one attached hydrogen (secondary N) is 2. The van der Waals surface area contributed by atoms with Gasteiger partial charge in [-0.15, -0.1) is 0 Å². The fraction of sp³-hybridized carbons (Fsp3) is 0.176. The van der Waals surface area contributed by atoms with Gasteiger partial charge in [-0.1, -0.05) is 42.5 Å². The summed E-state index contributed by atoms with van der Waals surface area (Å²) in [5.41, 5.74) is 1.07. The molecule has 2 aromatic rings. The molecule has 0 saturated heterocycles. The van der Waals surface area contributed by atoms with Gasteiger partial charge in [0.25, 0.3) is 5.91 Å². The van der Waals surface area contributed by atoms with Gasteiger partial charge in [0.05, 0.1) is 11.3 Å². The van der Waals surface area contributed by atoms with Gasteiger partial charge in [0.1, 0.15) is 5.54 Å². The molecule has 1 aliphatic heterocycles. The molecular formula is C17H16N2O2. The van der Waals surface area contributed by atoms with Gasteiger partial charge >= 0.3 is 0 Å². The lowest BCUT2D eigenvalue weighted by molar-refractivity contribution is -0.121. The highest BCUT2D eigenvalue weighted by atomic mass is 16.2. The number of benzene rings is 2. The molecule has 0 unspecified atom stereocenters. The van der Waals surface area contributed by atoms with Crippen LogP contribution < -0.4 is 10.6 Å². The number of fused-ring (bicyclic) bond motifs is 1. The molecule has 2 aromatic carbocycles. The Bertz CT molecular complexity index is 697. The van der Waals surface area contributed by atoms with Crippen molar-refractivity contribution in [3.8, 4) is 0 Å². The summed E-state index contributed by atoms with van der Waals surface area (Å²) in [5, 5.41) is 5.70. The third-order valence-corrected chi connectivity index (χ3v) is 3.71. The molecule has 0 spiro atoms. The van der Waals surface area contributed by atoms with Crippen LogP contribution >= 0.6 is 0 Å². The van der Waals surface area contributed by atoms with E-state index in [0.717, 1.165) is 5.56 Å². The largest absolute Gasteiger partial charge is 0.337 e. The number of hydrogen-bond acceptors (Lipinski definition) is 2. The fourth-order valence-electron chi connectivity index (χ4n) is 2.55. The van der Waals surface area contributed by atoms with Crippen molar-refractivity contribution < 1.29 is 9.59 Å². The SMILES string of the molecule is C[C@@]1(Cc2ccccc2)NC(=O)c2ccccc2NC1=O. The van der Waals surface area contributed by atoms with Crippen molar-refractivity contribution in [3.05, 3.63) is 65.7 Å². The van der Waals surface area contributed by atoms with Crippen LogP contribution in [0.5, 0.6) is 0 Å². The quantitative estimate of drug-likeness (QED) is 0.887. The number of carbonyl (C=O) groups excluding carboxylic acids is 2. The summed E-state index contributed by atoms with van der Waals surface area (Å²) < 4.78 is 0. The molecule has 1 atom stereocenters. The smallest absolute Gasteiger partial charge is 0.254 e. The van der Waals surface area contributed by atoms with E-state index in [1.165, 1.54) is 0 Å². The minimum atomic E-state index is -0.975. The van der Waals surface area contributed by atoms with Crippen molar-refractivity contribution in [1.82, 2.24) is 5.32 Å². The Morgan fingerprint density at radius 1 is 0.952 bits per heavy atom. The predicted molar refractivity (Wildman–Crippen MR) is 81.1 cm³/mol. The van der Waals surface area contributed by atoms with Crippen molar-refractivity contribution in [3.63, 3.8) is 0 Å². The molecule has 0 aliphatic carbocycles. The Hall–Kier alpha value is -2.62. The number of amides is 2. The molecule has 21 heavy (non-hydrogen) atoms. The molecule has 1 heterocycles. The molecule has 0 bridgehead atoms.